The number of hydrogen-bond acceptors (Lipinski definition) is 3. The van der Waals surface area contributed by atoms with Crippen molar-refractivity contribution < 1.29 is 9.90 Å². The second-order valence-electron chi connectivity index (χ2n) is 3.60. The number of fused-ring (bicyclic) bond motifs is 1. The van der Waals surface area contributed by atoms with Crippen LogP contribution in [0.25, 0.3) is 0 Å². The van der Waals surface area contributed by atoms with Crippen LogP contribution in [-0.4, -0.2) is 29.2 Å². The monoisotopic (exact) mass is 260 g/mol. The SMILES string of the molecule is O=C(O)CN1CNc2ccc(Cl)c(Cl)c2C1. The highest BCUT2D eigenvalue weighted by Gasteiger charge is 2.20. The molecule has 0 spiro atoms. The maximum atomic E-state index is 10.6. The van der Waals surface area contributed by atoms with Crippen LogP contribution in [0.15, 0.2) is 12.1 Å². The smallest absolute Gasteiger partial charge is 0.317 e. The second kappa shape index (κ2) is 4.49. The van der Waals surface area contributed by atoms with Crippen LogP contribution in [0.4, 0.5) is 5.69 Å². The van der Waals surface area contributed by atoms with Gasteiger partial charge in [-0.05, 0) is 12.1 Å². The lowest BCUT2D eigenvalue weighted by atomic mass is 10.1. The normalized spacial score (nSPS) is 15.4. The van der Waals surface area contributed by atoms with Gasteiger partial charge in [-0.2, -0.15) is 0 Å². The van der Waals surface area contributed by atoms with Crippen LogP contribution in [0.1, 0.15) is 5.56 Å². The number of nitrogens with one attached hydrogen (secondary N) is 1. The summed E-state index contributed by atoms with van der Waals surface area (Å²) in [6, 6.07) is 3.57. The fourth-order valence-corrected chi connectivity index (χ4v) is 2.09. The van der Waals surface area contributed by atoms with Gasteiger partial charge in [-0.15, -0.1) is 0 Å². The van der Waals surface area contributed by atoms with E-state index in [1.807, 2.05) is 6.07 Å². The van der Waals surface area contributed by atoms with E-state index in [-0.39, 0.29) is 6.54 Å². The number of carboxylic acids is 1. The zero-order valence-corrected chi connectivity index (χ0v) is 9.85. The van der Waals surface area contributed by atoms with E-state index < -0.39 is 5.97 Å². The molecule has 16 heavy (non-hydrogen) atoms. The first-order chi connectivity index (χ1) is 7.58. The van der Waals surface area contributed by atoms with Crippen LogP contribution in [0.5, 0.6) is 0 Å². The fourth-order valence-electron chi connectivity index (χ4n) is 1.69. The van der Waals surface area contributed by atoms with Crippen molar-refractivity contribution in [1.82, 2.24) is 4.90 Å². The van der Waals surface area contributed by atoms with E-state index in [1.54, 1.807) is 11.0 Å². The summed E-state index contributed by atoms with van der Waals surface area (Å²) in [7, 11) is 0. The number of nitrogens with zero attached hydrogens (tertiary/aromatic N) is 1. The maximum Gasteiger partial charge on any atom is 0.317 e. The Morgan fingerprint density at radius 1 is 1.50 bits per heavy atom. The summed E-state index contributed by atoms with van der Waals surface area (Å²) >= 11 is 12.0. The van der Waals surface area contributed by atoms with E-state index in [0.29, 0.717) is 23.3 Å². The second-order valence-corrected chi connectivity index (χ2v) is 4.39. The van der Waals surface area contributed by atoms with Gasteiger partial charge < -0.3 is 10.4 Å². The number of benzene rings is 1. The molecule has 4 nitrogen and oxygen atoms in total. The molecule has 0 fully saturated rings. The van der Waals surface area contributed by atoms with Crippen molar-refractivity contribution in [2.75, 3.05) is 18.5 Å². The minimum absolute atomic E-state index is 0.0186. The van der Waals surface area contributed by atoms with Gasteiger partial charge in [0.05, 0.1) is 23.3 Å². The number of aliphatic carboxylic acids is 1. The Labute approximate surface area is 103 Å². The molecule has 86 valence electrons. The Bertz CT molecular complexity index is 437. The third kappa shape index (κ3) is 2.24. The summed E-state index contributed by atoms with van der Waals surface area (Å²) < 4.78 is 0. The Kier molecular flexibility index (Phi) is 3.23. The van der Waals surface area contributed by atoms with E-state index in [9.17, 15) is 4.79 Å². The van der Waals surface area contributed by atoms with Crippen molar-refractivity contribution >= 4 is 34.9 Å². The summed E-state index contributed by atoms with van der Waals surface area (Å²) in [5.74, 6) is -0.858. The number of hydrogen-bond donors (Lipinski definition) is 2. The molecule has 1 aliphatic heterocycles. The number of anilines is 1. The number of halogens is 2. The van der Waals surface area contributed by atoms with Crippen LogP contribution < -0.4 is 5.32 Å². The van der Waals surface area contributed by atoms with Crippen LogP contribution >= 0.6 is 23.2 Å². The lowest BCUT2D eigenvalue weighted by Gasteiger charge is -2.29. The Morgan fingerprint density at radius 3 is 2.94 bits per heavy atom. The van der Waals surface area contributed by atoms with Crippen molar-refractivity contribution in [2.45, 2.75) is 6.54 Å². The molecule has 6 heteroatoms. The van der Waals surface area contributed by atoms with Crippen molar-refractivity contribution in [1.29, 1.82) is 0 Å². The molecule has 0 atom stereocenters. The zero-order chi connectivity index (χ0) is 11.7. The minimum Gasteiger partial charge on any atom is -0.480 e. The summed E-state index contributed by atoms with van der Waals surface area (Å²) in [5, 5.41) is 12.8. The Balaban J connectivity index is 2.25. The quantitative estimate of drug-likeness (QED) is 0.857. The highest BCUT2D eigenvalue weighted by molar-refractivity contribution is 6.42. The first-order valence-corrected chi connectivity index (χ1v) is 5.48. The van der Waals surface area contributed by atoms with E-state index in [4.69, 9.17) is 28.3 Å². The molecule has 0 amide bonds. The lowest BCUT2D eigenvalue weighted by molar-refractivity contribution is -0.138. The predicted molar refractivity (Wildman–Crippen MR) is 63.0 cm³/mol. The van der Waals surface area contributed by atoms with Crippen molar-refractivity contribution in [3.05, 3.63) is 27.7 Å². The number of carbonyl (C=O) groups is 1. The van der Waals surface area contributed by atoms with E-state index in [2.05, 4.69) is 5.32 Å². The molecule has 0 aromatic heterocycles. The van der Waals surface area contributed by atoms with Gasteiger partial charge in [-0.1, -0.05) is 23.2 Å². The van der Waals surface area contributed by atoms with E-state index in [0.717, 1.165) is 11.3 Å². The Hall–Kier alpha value is -0.970. The highest BCUT2D eigenvalue weighted by Crippen LogP contribution is 2.34. The summed E-state index contributed by atoms with van der Waals surface area (Å²) in [6.45, 7) is 0.973. The van der Waals surface area contributed by atoms with Gasteiger partial charge in [0.15, 0.2) is 0 Å². The summed E-state index contributed by atoms with van der Waals surface area (Å²) in [4.78, 5) is 12.3. The van der Waals surface area contributed by atoms with Gasteiger partial charge in [0.2, 0.25) is 0 Å². The molecule has 1 heterocycles. The topological polar surface area (TPSA) is 52.6 Å². The molecule has 2 rings (SSSR count). The van der Waals surface area contributed by atoms with Gasteiger partial charge in [-0.3, -0.25) is 9.69 Å². The molecule has 0 bridgehead atoms. The average molecular weight is 261 g/mol. The van der Waals surface area contributed by atoms with Crippen molar-refractivity contribution in [3.63, 3.8) is 0 Å². The largest absolute Gasteiger partial charge is 0.480 e. The van der Waals surface area contributed by atoms with Gasteiger partial charge in [-0.25, -0.2) is 0 Å². The number of rotatable bonds is 2. The molecular formula is C10H10Cl2N2O2. The molecule has 1 aromatic rings. The summed E-state index contributed by atoms with van der Waals surface area (Å²) in [5.41, 5.74) is 1.76. The first-order valence-electron chi connectivity index (χ1n) is 4.73. The molecule has 0 radical (unpaired) electrons. The third-order valence-electron chi connectivity index (χ3n) is 2.43. The maximum absolute atomic E-state index is 10.6. The van der Waals surface area contributed by atoms with Gasteiger partial charge in [0.1, 0.15) is 0 Å². The van der Waals surface area contributed by atoms with Crippen molar-refractivity contribution in [3.8, 4) is 0 Å². The minimum atomic E-state index is -0.858. The number of carboxylic acid groups (broad SMARTS) is 1. The third-order valence-corrected chi connectivity index (χ3v) is 3.27. The molecule has 0 saturated carbocycles. The van der Waals surface area contributed by atoms with Crippen LogP contribution in [0.2, 0.25) is 10.0 Å². The average Bonchev–Trinajstić information content (AvgIpc) is 2.23. The molecule has 0 saturated heterocycles. The standard InChI is InChI=1S/C10H10Cl2N2O2/c11-7-1-2-8-6(10(7)12)3-14(5-13-8)4-9(15)16/h1-2,13H,3-5H2,(H,15,16). The van der Waals surface area contributed by atoms with Gasteiger partial charge in [0.25, 0.3) is 0 Å². The molecule has 1 aromatic carbocycles. The Morgan fingerprint density at radius 2 is 2.25 bits per heavy atom. The fraction of sp³-hybridized carbons (Fsp3) is 0.300. The lowest BCUT2D eigenvalue weighted by Crippen LogP contribution is -2.37. The zero-order valence-electron chi connectivity index (χ0n) is 8.33. The van der Waals surface area contributed by atoms with E-state index >= 15 is 0 Å². The molecular weight excluding hydrogens is 251 g/mol. The van der Waals surface area contributed by atoms with Crippen LogP contribution in [0, 0.1) is 0 Å². The van der Waals surface area contributed by atoms with E-state index in [1.165, 1.54) is 0 Å². The molecule has 0 unspecified atom stereocenters. The first kappa shape index (κ1) is 11.5. The molecule has 2 N–H and O–H groups in total. The van der Waals surface area contributed by atoms with Gasteiger partial charge >= 0.3 is 5.97 Å². The predicted octanol–water partition coefficient (Wildman–Crippen LogP) is 2.26. The van der Waals surface area contributed by atoms with Gasteiger partial charge in [0, 0.05) is 17.8 Å². The summed E-state index contributed by atoms with van der Waals surface area (Å²) in [6.07, 6.45) is 0. The van der Waals surface area contributed by atoms with Crippen LogP contribution in [0.3, 0.4) is 0 Å². The molecule has 0 aliphatic carbocycles. The van der Waals surface area contributed by atoms with Crippen molar-refractivity contribution in [2.24, 2.45) is 0 Å². The molecule has 1 aliphatic rings. The highest BCUT2D eigenvalue weighted by atomic mass is 35.5. The van der Waals surface area contributed by atoms with Crippen LogP contribution in [-0.2, 0) is 11.3 Å².